The third kappa shape index (κ3) is 2.24. The van der Waals surface area contributed by atoms with Crippen LogP contribution < -0.4 is 0 Å². The van der Waals surface area contributed by atoms with Crippen molar-refractivity contribution in [3.8, 4) is 0 Å². The van der Waals surface area contributed by atoms with Gasteiger partial charge in [0, 0.05) is 35.3 Å². The van der Waals surface area contributed by atoms with Gasteiger partial charge in [-0.3, -0.25) is 14.5 Å². The van der Waals surface area contributed by atoms with Crippen LogP contribution in [0.5, 0.6) is 0 Å². The van der Waals surface area contributed by atoms with Crippen LogP contribution in [-0.4, -0.2) is 39.7 Å². The molecule has 2 aliphatic heterocycles. The second kappa shape index (κ2) is 5.67. The molecule has 1 fully saturated rings. The number of nitrogens with one attached hydrogen (secondary N) is 1. The van der Waals surface area contributed by atoms with Gasteiger partial charge in [-0.2, -0.15) is 0 Å². The van der Waals surface area contributed by atoms with E-state index in [1.165, 1.54) is 4.90 Å². The number of rotatable bonds is 3. The van der Waals surface area contributed by atoms with Gasteiger partial charge in [0.05, 0.1) is 6.04 Å². The van der Waals surface area contributed by atoms with E-state index in [2.05, 4.69) is 11.6 Å². The number of carbonyl (C=O) groups excluding carboxylic acids is 2. The molecule has 1 aromatic carbocycles. The van der Waals surface area contributed by atoms with Crippen LogP contribution in [0.15, 0.2) is 49.2 Å². The fraction of sp³-hybridized carbons (Fsp3) is 0.263. The summed E-state index contributed by atoms with van der Waals surface area (Å²) in [6.07, 6.45) is 3.80. The van der Waals surface area contributed by atoms with Crippen molar-refractivity contribution in [1.82, 2.24) is 14.8 Å². The minimum Gasteiger partial charge on any atom is -0.363 e. The smallest absolute Gasteiger partial charge is 0.259 e. The highest BCUT2D eigenvalue weighted by Crippen LogP contribution is 2.34. The van der Waals surface area contributed by atoms with E-state index >= 15 is 0 Å². The van der Waals surface area contributed by atoms with E-state index in [0.717, 1.165) is 30.6 Å². The fourth-order valence-corrected chi connectivity index (χ4v) is 3.67. The van der Waals surface area contributed by atoms with Crippen molar-refractivity contribution >= 4 is 17.5 Å². The molecule has 24 heavy (non-hydrogen) atoms. The summed E-state index contributed by atoms with van der Waals surface area (Å²) >= 11 is 0. The molecular weight excluding hydrogens is 302 g/mol. The highest BCUT2D eigenvalue weighted by Gasteiger charge is 2.36. The number of H-pyrrole nitrogens is 1. The minimum absolute atomic E-state index is 0.0330. The Labute approximate surface area is 140 Å². The number of carbonyl (C=O) groups is 2. The number of nitrogens with zero attached hydrogens (tertiary/aromatic N) is 2. The van der Waals surface area contributed by atoms with Crippen LogP contribution in [0.2, 0.25) is 0 Å². The lowest BCUT2D eigenvalue weighted by Gasteiger charge is -2.27. The van der Waals surface area contributed by atoms with Gasteiger partial charge < -0.3 is 9.88 Å². The predicted molar refractivity (Wildman–Crippen MR) is 91.0 cm³/mol. The molecule has 1 atom stereocenters. The van der Waals surface area contributed by atoms with Crippen molar-refractivity contribution in [3.63, 3.8) is 0 Å². The third-order valence-corrected chi connectivity index (χ3v) is 4.89. The Kier molecular flexibility index (Phi) is 3.49. The first kappa shape index (κ1) is 14.8. The molecule has 0 saturated carbocycles. The van der Waals surface area contributed by atoms with Crippen molar-refractivity contribution < 1.29 is 9.59 Å². The third-order valence-electron chi connectivity index (χ3n) is 4.89. The predicted octanol–water partition coefficient (Wildman–Crippen LogP) is 2.80. The van der Waals surface area contributed by atoms with Crippen molar-refractivity contribution in [3.05, 3.63) is 66.0 Å². The van der Waals surface area contributed by atoms with Gasteiger partial charge in [-0.05, 0) is 31.0 Å². The zero-order valence-corrected chi connectivity index (χ0v) is 13.4. The van der Waals surface area contributed by atoms with Crippen LogP contribution in [0.1, 0.15) is 40.5 Å². The Morgan fingerprint density at radius 3 is 2.71 bits per heavy atom. The lowest BCUT2D eigenvalue weighted by molar-refractivity contribution is -0.132. The van der Waals surface area contributed by atoms with Gasteiger partial charge in [0.25, 0.3) is 5.91 Å². The molecule has 2 aromatic rings. The highest BCUT2D eigenvalue weighted by molar-refractivity contribution is 6.10. The summed E-state index contributed by atoms with van der Waals surface area (Å²) < 4.78 is 0. The maximum Gasteiger partial charge on any atom is 0.259 e. The molecule has 0 aliphatic carbocycles. The number of fused-ring (bicyclic) bond motifs is 1. The zero-order valence-electron chi connectivity index (χ0n) is 13.4. The molecule has 1 N–H and O–H groups in total. The molecule has 3 heterocycles. The quantitative estimate of drug-likeness (QED) is 0.945. The molecule has 2 aliphatic rings. The van der Waals surface area contributed by atoms with E-state index in [0.29, 0.717) is 11.3 Å². The minimum atomic E-state index is -0.139. The summed E-state index contributed by atoms with van der Waals surface area (Å²) in [5, 5.41) is 0. The van der Waals surface area contributed by atoms with Crippen molar-refractivity contribution in [2.45, 2.75) is 18.9 Å². The maximum atomic E-state index is 12.8. The van der Waals surface area contributed by atoms with Crippen LogP contribution in [0.25, 0.3) is 5.70 Å². The summed E-state index contributed by atoms with van der Waals surface area (Å²) in [6, 6.07) is 11.4. The topological polar surface area (TPSA) is 56.4 Å². The second-order valence-corrected chi connectivity index (χ2v) is 6.25. The molecule has 0 unspecified atom stereocenters. The lowest BCUT2D eigenvalue weighted by atomic mass is 10.1. The number of hydrogen-bond acceptors (Lipinski definition) is 2. The highest BCUT2D eigenvalue weighted by atomic mass is 16.2. The summed E-state index contributed by atoms with van der Waals surface area (Å²) in [5.74, 6) is -0.172. The van der Waals surface area contributed by atoms with E-state index in [1.54, 1.807) is 6.07 Å². The van der Waals surface area contributed by atoms with Gasteiger partial charge in [-0.15, -0.1) is 0 Å². The van der Waals surface area contributed by atoms with Crippen LogP contribution in [-0.2, 0) is 4.79 Å². The van der Waals surface area contributed by atoms with E-state index in [1.807, 2.05) is 41.4 Å². The zero-order chi connectivity index (χ0) is 16.7. The van der Waals surface area contributed by atoms with Gasteiger partial charge in [0.2, 0.25) is 5.91 Å². The first-order valence-corrected chi connectivity index (χ1v) is 8.20. The molecule has 5 heteroatoms. The molecule has 2 amide bonds. The van der Waals surface area contributed by atoms with Crippen LogP contribution in [0.3, 0.4) is 0 Å². The summed E-state index contributed by atoms with van der Waals surface area (Å²) in [4.78, 5) is 31.9. The van der Waals surface area contributed by atoms with Gasteiger partial charge in [0.15, 0.2) is 0 Å². The standard InChI is InChI=1S/C19H19N3O2/c1-13-14-6-2-3-7-15(14)19(24)22(13)12-18(23)21-11-5-9-17(21)16-8-4-10-20-16/h2-4,6-8,10,17,20H,1,5,9,11-12H2/t17-/m1/s1. The van der Waals surface area contributed by atoms with E-state index < -0.39 is 0 Å². The van der Waals surface area contributed by atoms with Crippen molar-refractivity contribution in [2.75, 3.05) is 13.1 Å². The van der Waals surface area contributed by atoms with E-state index in [-0.39, 0.29) is 24.4 Å². The van der Waals surface area contributed by atoms with Gasteiger partial charge in [-0.1, -0.05) is 24.8 Å². The Morgan fingerprint density at radius 1 is 1.21 bits per heavy atom. The van der Waals surface area contributed by atoms with Gasteiger partial charge in [0.1, 0.15) is 6.54 Å². The normalized spacial score (nSPS) is 19.9. The number of amides is 2. The maximum absolute atomic E-state index is 12.8. The fourth-order valence-electron chi connectivity index (χ4n) is 3.67. The number of benzene rings is 1. The second-order valence-electron chi connectivity index (χ2n) is 6.25. The van der Waals surface area contributed by atoms with Crippen LogP contribution >= 0.6 is 0 Å². The number of aromatic nitrogens is 1. The Bertz CT molecular complexity index is 775. The van der Waals surface area contributed by atoms with Crippen molar-refractivity contribution in [1.29, 1.82) is 0 Å². The average Bonchev–Trinajstić information content (AvgIpc) is 3.31. The molecule has 1 aromatic heterocycles. The molecular formula is C19H19N3O2. The Morgan fingerprint density at radius 2 is 2.00 bits per heavy atom. The molecule has 122 valence electrons. The molecule has 4 rings (SSSR count). The number of aromatic amines is 1. The number of hydrogen-bond donors (Lipinski definition) is 1. The van der Waals surface area contributed by atoms with E-state index in [4.69, 9.17) is 0 Å². The summed E-state index contributed by atoms with van der Waals surface area (Å²) in [6.45, 7) is 4.78. The number of likely N-dealkylation sites (tertiary alicyclic amines) is 1. The van der Waals surface area contributed by atoms with Crippen LogP contribution in [0.4, 0.5) is 0 Å². The van der Waals surface area contributed by atoms with Crippen LogP contribution in [0, 0.1) is 0 Å². The first-order chi connectivity index (χ1) is 11.7. The SMILES string of the molecule is C=C1c2ccccc2C(=O)N1CC(=O)N1CCC[C@@H]1c1ccc[nH]1. The molecule has 0 spiro atoms. The molecule has 0 bridgehead atoms. The average molecular weight is 321 g/mol. The monoisotopic (exact) mass is 321 g/mol. The van der Waals surface area contributed by atoms with E-state index in [9.17, 15) is 9.59 Å². The largest absolute Gasteiger partial charge is 0.363 e. The molecule has 1 saturated heterocycles. The Balaban J connectivity index is 1.53. The first-order valence-electron chi connectivity index (χ1n) is 8.20. The Hall–Kier alpha value is -2.82. The van der Waals surface area contributed by atoms with Gasteiger partial charge in [-0.25, -0.2) is 0 Å². The summed E-state index contributed by atoms with van der Waals surface area (Å²) in [5.41, 5.74) is 3.10. The lowest BCUT2D eigenvalue weighted by Crippen LogP contribution is -2.39. The molecule has 5 nitrogen and oxygen atoms in total. The van der Waals surface area contributed by atoms with Crippen molar-refractivity contribution in [2.24, 2.45) is 0 Å². The van der Waals surface area contributed by atoms with Gasteiger partial charge >= 0.3 is 0 Å². The summed E-state index contributed by atoms with van der Waals surface area (Å²) in [7, 11) is 0. The molecule has 0 radical (unpaired) electrons.